The van der Waals surface area contributed by atoms with Gasteiger partial charge in [0.05, 0.1) is 0 Å². The molecule has 0 spiro atoms. The van der Waals surface area contributed by atoms with Crippen molar-refractivity contribution in [1.29, 1.82) is 0 Å². The Bertz CT molecular complexity index is 388. The molecule has 0 aliphatic heterocycles. The van der Waals surface area contributed by atoms with Gasteiger partial charge in [-0.3, -0.25) is 4.99 Å². The molecular formula is C15H23NO. The first-order chi connectivity index (χ1) is 7.95. The maximum absolute atomic E-state index is 9.77. The van der Waals surface area contributed by atoms with Crippen LogP contribution in [0.15, 0.2) is 23.2 Å². The number of rotatable bonds is 4. The lowest BCUT2D eigenvalue weighted by Gasteiger charge is -2.19. The third-order valence-corrected chi connectivity index (χ3v) is 2.76. The van der Waals surface area contributed by atoms with Crippen molar-refractivity contribution < 1.29 is 5.11 Å². The van der Waals surface area contributed by atoms with Gasteiger partial charge in [0.1, 0.15) is 5.75 Å². The first kappa shape index (κ1) is 13.8. The Kier molecular flexibility index (Phi) is 4.73. The zero-order valence-electron chi connectivity index (χ0n) is 11.3. The summed E-state index contributed by atoms with van der Waals surface area (Å²) >= 11 is 0. The topological polar surface area (TPSA) is 32.6 Å². The fraction of sp³-hybridized carbons (Fsp3) is 0.533. The highest BCUT2D eigenvalue weighted by Gasteiger charge is 2.14. The van der Waals surface area contributed by atoms with E-state index >= 15 is 0 Å². The summed E-state index contributed by atoms with van der Waals surface area (Å²) in [6.07, 6.45) is 4.02. The average Bonchev–Trinajstić information content (AvgIpc) is 2.25. The van der Waals surface area contributed by atoms with Gasteiger partial charge in [-0.15, -0.1) is 0 Å². The largest absolute Gasteiger partial charge is 0.507 e. The third kappa shape index (κ3) is 4.22. The molecule has 1 aromatic rings. The van der Waals surface area contributed by atoms with E-state index in [4.69, 9.17) is 0 Å². The Morgan fingerprint density at radius 2 is 2.00 bits per heavy atom. The molecule has 0 atom stereocenters. The summed E-state index contributed by atoms with van der Waals surface area (Å²) in [4.78, 5) is 4.33. The van der Waals surface area contributed by atoms with Crippen LogP contribution in [0.2, 0.25) is 0 Å². The molecule has 0 heterocycles. The molecule has 2 nitrogen and oxygen atoms in total. The quantitative estimate of drug-likeness (QED) is 0.620. The predicted octanol–water partition coefficient (Wildman–Crippen LogP) is 3.91. The van der Waals surface area contributed by atoms with Crippen molar-refractivity contribution in [1.82, 2.24) is 0 Å². The summed E-state index contributed by atoms with van der Waals surface area (Å²) in [6.45, 7) is 9.47. The minimum Gasteiger partial charge on any atom is -0.507 e. The van der Waals surface area contributed by atoms with E-state index in [0.29, 0.717) is 5.75 Å². The Hall–Kier alpha value is -1.31. The van der Waals surface area contributed by atoms with Gasteiger partial charge in [-0.05, 0) is 29.5 Å². The van der Waals surface area contributed by atoms with Crippen LogP contribution in [0.1, 0.15) is 51.7 Å². The minimum absolute atomic E-state index is 0.0969. The standard InChI is InChI=1S/C15H23NO/c1-5-6-9-16-11-12-10-13(15(2,3)4)7-8-14(12)17/h7-8,10-11,17H,5-6,9H2,1-4H3. The maximum Gasteiger partial charge on any atom is 0.124 e. The van der Waals surface area contributed by atoms with Gasteiger partial charge in [-0.2, -0.15) is 0 Å². The molecule has 1 rings (SSSR count). The van der Waals surface area contributed by atoms with Gasteiger partial charge in [0.25, 0.3) is 0 Å². The summed E-state index contributed by atoms with van der Waals surface area (Å²) in [6, 6.07) is 5.74. The molecule has 0 aliphatic carbocycles. The summed E-state index contributed by atoms with van der Waals surface area (Å²) in [5, 5.41) is 9.77. The zero-order chi connectivity index (χ0) is 12.9. The highest BCUT2D eigenvalue weighted by Crippen LogP contribution is 2.26. The van der Waals surface area contributed by atoms with Gasteiger partial charge in [-0.1, -0.05) is 40.2 Å². The van der Waals surface area contributed by atoms with E-state index in [1.807, 2.05) is 12.1 Å². The van der Waals surface area contributed by atoms with E-state index in [-0.39, 0.29) is 5.41 Å². The average molecular weight is 233 g/mol. The number of aliphatic imine (C=N–C) groups is 1. The number of phenols is 1. The van der Waals surface area contributed by atoms with Crippen LogP contribution in [-0.2, 0) is 5.41 Å². The minimum atomic E-state index is 0.0969. The number of unbranched alkanes of at least 4 members (excludes halogenated alkanes) is 1. The molecule has 0 saturated carbocycles. The second-order valence-electron chi connectivity index (χ2n) is 5.41. The number of nitrogens with zero attached hydrogens (tertiary/aromatic N) is 1. The maximum atomic E-state index is 9.77. The van der Waals surface area contributed by atoms with E-state index in [1.54, 1.807) is 12.3 Å². The van der Waals surface area contributed by atoms with Gasteiger partial charge in [-0.25, -0.2) is 0 Å². The number of benzene rings is 1. The predicted molar refractivity (Wildman–Crippen MR) is 74.2 cm³/mol. The van der Waals surface area contributed by atoms with Crippen LogP contribution in [0.25, 0.3) is 0 Å². The van der Waals surface area contributed by atoms with Crippen LogP contribution in [0.4, 0.5) is 0 Å². The Morgan fingerprint density at radius 1 is 1.29 bits per heavy atom. The van der Waals surface area contributed by atoms with Crippen molar-refractivity contribution in [3.63, 3.8) is 0 Å². The molecule has 94 valence electrons. The normalized spacial score (nSPS) is 12.2. The van der Waals surface area contributed by atoms with E-state index in [9.17, 15) is 5.11 Å². The molecule has 2 heteroatoms. The van der Waals surface area contributed by atoms with E-state index in [2.05, 4.69) is 32.7 Å². The third-order valence-electron chi connectivity index (χ3n) is 2.76. The van der Waals surface area contributed by atoms with Crippen molar-refractivity contribution >= 4 is 6.21 Å². The molecule has 0 unspecified atom stereocenters. The van der Waals surface area contributed by atoms with Crippen molar-refractivity contribution in [3.8, 4) is 5.75 Å². The van der Waals surface area contributed by atoms with Gasteiger partial charge in [0.2, 0.25) is 0 Å². The van der Waals surface area contributed by atoms with Crippen molar-refractivity contribution in [2.24, 2.45) is 4.99 Å². The Labute approximate surface area is 104 Å². The van der Waals surface area contributed by atoms with E-state index in [1.165, 1.54) is 5.56 Å². The van der Waals surface area contributed by atoms with Gasteiger partial charge in [0.15, 0.2) is 0 Å². The first-order valence-electron chi connectivity index (χ1n) is 6.28. The van der Waals surface area contributed by atoms with Gasteiger partial charge >= 0.3 is 0 Å². The van der Waals surface area contributed by atoms with Crippen LogP contribution in [0, 0.1) is 0 Å². The van der Waals surface area contributed by atoms with Crippen LogP contribution >= 0.6 is 0 Å². The lowest BCUT2D eigenvalue weighted by atomic mass is 9.86. The molecule has 0 amide bonds. The molecule has 0 fully saturated rings. The van der Waals surface area contributed by atoms with Crippen molar-refractivity contribution in [3.05, 3.63) is 29.3 Å². The second-order valence-corrected chi connectivity index (χ2v) is 5.41. The Morgan fingerprint density at radius 3 is 2.59 bits per heavy atom. The first-order valence-corrected chi connectivity index (χ1v) is 6.28. The molecule has 0 aromatic heterocycles. The number of aromatic hydroxyl groups is 1. The SMILES string of the molecule is CCCCN=Cc1cc(C(C)(C)C)ccc1O. The molecule has 0 saturated heterocycles. The van der Waals surface area contributed by atoms with Gasteiger partial charge in [0, 0.05) is 18.3 Å². The van der Waals surface area contributed by atoms with Crippen LogP contribution < -0.4 is 0 Å². The fourth-order valence-electron chi connectivity index (χ4n) is 1.54. The van der Waals surface area contributed by atoms with Crippen molar-refractivity contribution in [2.45, 2.75) is 46.0 Å². The molecule has 1 N–H and O–H groups in total. The highest BCUT2D eigenvalue weighted by molar-refractivity contribution is 5.83. The summed E-state index contributed by atoms with van der Waals surface area (Å²) < 4.78 is 0. The molecule has 0 aliphatic rings. The molecule has 0 bridgehead atoms. The number of hydrogen-bond acceptors (Lipinski definition) is 2. The zero-order valence-corrected chi connectivity index (χ0v) is 11.3. The molecule has 0 radical (unpaired) electrons. The summed E-state index contributed by atoms with van der Waals surface area (Å²) in [5.41, 5.74) is 2.13. The van der Waals surface area contributed by atoms with Crippen LogP contribution in [-0.4, -0.2) is 17.9 Å². The van der Waals surface area contributed by atoms with Crippen LogP contribution in [0.5, 0.6) is 5.75 Å². The Balaban J connectivity index is 2.87. The fourth-order valence-corrected chi connectivity index (χ4v) is 1.54. The van der Waals surface area contributed by atoms with Crippen molar-refractivity contribution in [2.75, 3.05) is 6.54 Å². The monoisotopic (exact) mass is 233 g/mol. The lowest BCUT2D eigenvalue weighted by Crippen LogP contribution is -2.11. The molecule has 1 aromatic carbocycles. The van der Waals surface area contributed by atoms with Crippen LogP contribution in [0.3, 0.4) is 0 Å². The molecule has 17 heavy (non-hydrogen) atoms. The van der Waals surface area contributed by atoms with E-state index in [0.717, 1.165) is 24.9 Å². The number of hydrogen-bond donors (Lipinski definition) is 1. The highest BCUT2D eigenvalue weighted by atomic mass is 16.3. The molecular weight excluding hydrogens is 210 g/mol. The van der Waals surface area contributed by atoms with Gasteiger partial charge < -0.3 is 5.11 Å². The number of phenolic OH excluding ortho intramolecular Hbond substituents is 1. The summed E-state index contributed by atoms with van der Waals surface area (Å²) in [7, 11) is 0. The smallest absolute Gasteiger partial charge is 0.124 e. The summed E-state index contributed by atoms with van der Waals surface area (Å²) in [5.74, 6) is 0.304. The van der Waals surface area contributed by atoms with E-state index < -0.39 is 0 Å². The second kappa shape index (κ2) is 5.85. The lowest BCUT2D eigenvalue weighted by molar-refractivity contribution is 0.473.